The summed E-state index contributed by atoms with van der Waals surface area (Å²) in [7, 11) is 1.77. The van der Waals surface area contributed by atoms with Crippen molar-refractivity contribution in [3.05, 3.63) is 0 Å². The summed E-state index contributed by atoms with van der Waals surface area (Å²) in [5.74, 6) is -0.725. The van der Waals surface area contributed by atoms with Crippen LogP contribution in [0.25, 0.3) is 0 Å². The molecule has 1 saturated heterocycles. The van der Waals surface area contributed by atoms with Crippen molar-refractivity contribution >= 4 is 5.97 Å². The van der Waals surface area contributed by atoms with Gasteiger partial charge in [-0.1, -0.05) is 0 Å². The van der Waals surface area contributed by atoms with Gasteiger partial charge in [-0.25, -0.2) is 0 Å². The van der Waals surface area contributed by atoms with Crippen molar-refractivity contribution in [1.82, 2.24) is 9.80 Å². The smallest absolute Gasteiger partial charge is 0.317 e. The number of piperazine rings is 1. The maximum absolute atomic E-state index is 10.6. The highest BCUT2D eigenvalue weighted by atomic mass is 16.5. The maximum Gasteiger partial charge on any atom is 0.317 e. The van der Waals surface area contributed by atoms with Crippen molar-refractivity contribution in [1.29, 1.82) is 0 Å². The second-order valence-corrected chi connectivity index (χ2v) is 4.69. The zero-order valence-electron chi connectivity index (χ0n) is 9.76. The summed E-state index contributed by atoms with van der Waals surface area (Å²) in [5, 5.41) is 8.69. The Morgan fingerprint density at radius 2 is 1.94 bits per heavy atom. The fraction of sp³-hybridized carbons (Fsp3) is 0.909. The van der Waals surface area contributed by atoms with Gasteiger partial charge in [0.2, 0.25) is 0 Å². The van der Waals surface area contributed by atoms with Gasteiger partial charge < -0.3 is 9.84 Å². The van der Waals surface area contributed by atoms with Crippen LogP contribution >= 0.6 is 0 Å². The SMILES string of the molecule is COC1CC(N2CCN(CC(=O)O)CC2)C1. The Kier molecular flexibility index (Phi) is 3.78. The largest absolute Gasteiger partial charge is 0.480 e. The average molecular weight is 228 g/mol. The van der Waals surface area contributed by atoms with Crippen molar-refractivity contribution in [3.63, 3.8) is 0 Å². The second-order valence-electron chi connectivity index (χ2n) is 4.69. The minimum atomic E-state index is -0.725. The Hall–Kier alpha value is -0.650. The van der Waals surface area contributed by atoms with Gasteiger partial charge in [-0.3, -0.25) is 14.6 Å². The Balaban J connectivity index is 1.68. The van der Waals surface area contributed by atoms with Crippen molar-refractivity contribution < 1.29 is 14.6 Å². The van der Waals surface area contributed by atoms with Crippen LogP contribution in [0.4, 0.5) is 0 Å². The highest BCUT2D eigenvalue weighted by Crippen LogP contribution is 2.28. The molecule has 0 amide bonds. The molecule has 16 heavy (non-hydrogen) atoms. The molecule has 1 N–H and O–H groups in total. The molecule has 0 atom stereocenters. The van der Waals surface area contributed by atoms with Crippen LogP contribution in [0, 0.1) is 0 Å². The van der Waals surface area contributed by atoms with Crippen LogP contribution in [0.1, 0.15) is 12.8 Å². The molecule has 2 aliphatic rings. The molecule has 0 bridgehead atoms. The first-order chi connectivity index (χ1) is 7.69. The van der Waals surface area contributed by atoms with E-state index in [2.05, 4.69) is 4.90 Å². The van der Waals surface area contributed by atoms with Crippen LogP contribution in [-0.2, 0) is 9.53 Å². The Labute approximate surface area is 96.0 Å². The topological polar surface area (TPSA) is 53.0 Å². The summed E-state index contributed by atoms with van der Waals surface area (Å²) in [6, 6.07) is 0.664. The molecule has 92 valence electrons. The van der Waals surface area contributed by atoms with Gasteiger partial charge in [-0.2, -0.15) is 0 Å². The molecule has 2 fully saturated rings. The molecule has 0 aromatic carbocycles. The van der Waals surface area contributed by atoms with Gasteiger partial charge in [0.1, 0.15) is 0 Å². The predicted octanol–water partition coefficient (Wildman–Crippen LogP) is -0.134. The first-order valence-corrected chi connectivity index (χ1v) is 5.90. The van der Waals surface area contributed by atoms with E-state index in [1.807, 2.05) is 4.90 Å². The molecule has 0 unspecified atom stereocenters. The Morgan fingerprint density at radius 3 is 2.44 bits per heavy atom. The monoisotopic (exact) mass is 228 g/mol. The third kappa shape index (κ3) is 2.72. The van der Waals surface area contributed by atoms with Crippen LogP contribution < -0.4 is 0 Å². The summed E-state index contributed by atoms with van der Waals surface area (Å²) >= 11 is 0. The minimum Gasteiger partial charge on any atom is -0.480 e. The second kappa shape index (κ2) is 5.12. The lowest BCUT2D eigenvalue weighted by Gasteiger charge is -2.45. The molecule has 0 spiro atoms. The molecule has 1 heterocycles. The molecule has 0 radical (unpaired) electrons. The zero-order valence-corrected chi connectivity index (χ0v) is 9.76. The van der Waals surface area contributed by atoms with E-state index < -0.39 is 5.97 Å². The van der Waals surface area contributed by atoms with E-state index in [0.29, 0.717) is 12.1 Å². The number of methoxy groups -OCH3 is 1. The quantitative estimate of drug-likeness (QED) is 0.726. The molecular formula is C11H20N2O3. The molecule has 2 rings (SSSR count). The zero-order chi connectivity index (χ0) is 11.5. The lowest BCUT2D eigenvalue weighted by molar-refractivity contribution is -0.139. The van der Waals surface area contributed by atoms with Crippen molar-refractivity contribution in [2.75, 3.05) is 39.8 Å². The van der Waals surface area contributed by atoms with Gasteiger partial charge in [-0.05, 0) is 12.8 Å². The average Bonchev–Trinajstić information content (AvgIpc) is 2.18. The molecule has 0 aromatic rings. The van der Waals surface area contributed by atoms with Gasteiger partial charge >= 0.3 is 5.97 Å². The molecular weight excluding hydrogens is 208 g/mol. The van der Waals surface area contributed by atoms with Gasteiger partial charge in [0.25, 0.3) is 0 Å². The van der Waals surface area contributed by atoms with Crippen molar-refractivity contribution in [2.24, 2.45) is 0 Å². The van der Waals surface area contributed by atoms with Crippen molar-refractivity contribution in [2.45, 2.75) is 25.0 Å². The lowest BCUT2D eigenvalue weighted by Crippen LogP contribution is -2.56. The highest BCUT2D eigenvalue weighted by molar-refractivity contribution is 5.69. The maximum atomic E-state index is 10.6. The van der Waals surface area contributed by atoms with Crippen LogP contribution in [0.15, 0.2) is 0 Å². The minimum absolute atomic E-state index is 0.180. The number of aliphatic carboxylic acids is 1. The number of carboxylic acid groups (broad SMARTS) is 1. The van der Waals surface area contributed by atoms with E-state index in [1.54, 1.807) is 7.11 Å². The molecule has 1 saturated carbocycles. The lowest BCUT2D eigenvalue weighted by atomic mass is 9.87. The summed E-state index contributed by atoms with van der Waals surface area (Å²) < 4.78 is 5.27. The van der Waals surface area contributed by atoms with E-state index in [4.69, 9.17) is 9.84 Å². The number of ether oxygens (including phenoxy) is 1. The fourth-order valence-electron chi connectivity index (χ4n) is 2.51. The van der Waals surface area contributed by atoms with Crippen LogP contribution in [0.5, 0.6) is 0 Å². The van der Waals surface area contributed by atoms with E-state index in [1.165, 1.54) is 0 Å². The van der Waals surface area contributed by atoms with Crippen molar-refractivity contribution in [3.8, 4) is 0 Å². The van der Waals surface area contributed by atoms with Gasteiger partial charge in [-0.15, -0.1) is 0 Å². The standard InChI is InChI=1S/C11H20N2O3/c1-16-10-6-9(7-10)13-4-2-12(3-5-13)8-11(14)15/h9-10H,2-8H2,1H3,(H,14,15). The van der Waals surface area contributed by atoms with Crippen LogP contribution in [0.2, 0.25) is 0 Å². The number of hydrogen-bond donors (Lipinski definition) is 1. The number of hydrogen-bond acceptors (Lipinski definition) is 4. The number of nitrogens with zero attached hydrogens (tertiary/aromatic N) is 2. The van der Waals surface area contributed by atoms with Gasteiger partial charge in [0, 0.05) is 39.3 Å². The Morgan fingerprint density at radius 1 is 1.31 bits per heavy atom. The van der Waals surface area contributed by atoms with E-state index >= 15 is 0 Å². The molecule has 1 aliphatic carbocycles. The van der Waals surface area contributed by atoms with E-state index in [-0.39, 0.29) is 6.54 Å². The van der Waals surface area contributed by atoms with Crippen LogP contribution in [-0.4, -0.2) is 72.9 Å². The number of rotatable bonds is 4. The fourth-order valence-corrected chi connectivity index (χ4v) is 2.51. The third-order valence-electron chi connectivity index (χ3n) is 3.69. The summed E-state index contributed by atoms with van der Waals surface area (Å²) in [6.07, 6.45) is 2.72. The summed E-state index contributed by atoms with van der Waals surface area (Å²) in [5.41, 5.74) is 0. The predicted molar refractivity (Wildman–Crippen MR) is 59.5 cm³/mol. The molecule has 0 aromatic heterocycles. The number of carbonyl (C=O) groups is 1. The first-order valence-electron chi connectivity index (χ1n) is 5.90. The van der Waals surface area contributed by atoms with E-state index in [9.17, 15) is 4.79 Å². The highest BCUT2D eigenvalue weighted by Gasteiger charge is 2.35. The van der Waals surface area contributed by atoms with E-state index in [0.717, 1.165) is 39.0 Å². The molecule has 5 heteroatoms. The summed E-state index contributed by atoms with van der Waals surface area (Å²) in [6.45, 7) is 3.92. The van der Waals surface area contributed by atoms with Gasteiger partial charge in [0.15, 0.2) is 0 Å². The number of carboxylic acids is 1. The van der Waals surface area contributed by atoms with Crippen LogP contribution in [0.3, 0.4) is 0 Å². The van der Waals surface area contributed by atoms with Gasteiger partial charge in [0.05, 0.1) is 12.6 Å². The molecule has 5 nitrogen and oxygen atoms in total. The first kappa shape index (κ1) is 11.8. The summed E-state index contributed by atoms with van der Waals surface area (Å²) in [4.78, 5) is 15.0. The molecule has 1 aliphatic heterocycles. The third-order valence-corrected chi connectivity index (χ3v) is 3.69. The normalized spacial score (nSPS) is 32.3. The Bertz CT molecular complexity index is 246.